The van der Waals surface area contributed by atoms with Crippen LogP contribution >= 0.6 is 0 Å². The van der Waals surface area contributed by atoms with Gasteiger partial charge in [-0.15, -0.1) is 0 Å². The first-order valence-electron chi connectivity index (χ1n) is 7.81. The molecule has 1 atom stereocenters. The summed E-state index contributed by atoms with van der Waals surface area (Å²) in [6.07, 6.45) is 1.31. The van der Waals surface area contributed by atoms with Gasteiger partial charge in [-0.2, -0.15) is 0 Å². The minimum absolute atomic E-state index is 0.110. The molecule has 0 spiro atoms. The quantitative estimate of drug-likeness (QED) is 0.761. The Bertz CT molecular complexity index is 613. The van der Waals surface area contributed by atoms with Crippen LogP contribution in [0.2, 0.25) is 0 Å². The van der Waals surface area contributed by atoms with Crippen LogP contribution in [0.1, 0.15) is 18.9 Å². The molecule has 1 amide bonds. The van der Waals surface area contributed by atoms with Crippen molar-refractivity contribution in [3.05, 3.63) is 60.2 Å². The van der Waals surface area contributed by atoms with Crippen LogP contribution in [0.4, 0.5) is 0 Å². The average molecular weight is 313 g/mol. The first-order valence-corrected chi connectivity index (χ1v) is 7.81. The Morgan fingerprint density at radius 2 is 1.83 bits per heavy atom. The number of carbonyl (C=O) groups excluding carboxylic acids is 1. The third kappa shape index (κ3) is 5.66. The van der Waals surface area contributed by atoms with Gasteiger partial charge in [0.15, 0.2) is 6.10 Å². The number of rotatable bonds is 8. The van der Waals surface area contributed by atoms with Crippen LogP contribution in [0.3, 0.4) is 0 Å². The van der Waals surface area contributed by atoms with Gasteiger partial charge in [0.25, 0.3) is 5.91 Å². The molecule has 0 aliphatic heterocycles. The molecular weight excluding hydrogens is 290 g/mol. The van der Waals surface area contributed by atoms with Crippen molar-refractivity contribution in [1.82, 2.24) is 5.32 Å². The summed E-state index contributed by atoms with van der Waals surface area (Å²) in [5, 5.41) is 2.91. The molecule has 4 nitrogen and oxygen atoms in total. The Morgan fingerprint density at radius 3 is 2.57 bits per heavy atom. The highest BCUT2D eigenvalue weighted by atomic mass is 16.5. The Hall–Kier alpha value is -2.49. The summed E-state index contributed by atoms with van der Waals surface area (Å²) in [4.78, 5) is 12.0. The fourth-order valence-electron chi connectivity index (χ4n) is 2.22. The molecule has 0 aliphatic carbocycles. The molecule has 0 saturated carbocycles. The van der Waals surface area contributed by atoms with E-state index in [2.05, 4.69) is 17.4 Å². The van der Waals surface area contributed by atoms with Crippen molar-refractivity contribution in [1.29, 1.82) is 0 Å². The van der Waals surface area contributed by atoms with Crippen molar-refractivity contribution < 1.29 is 14.3 Å². The van der Waals surface area contributed by atoms with E-state index in [-0.39, 0.29) is 5.91 Å². The molecule has 0 saturated heterocycles. The van der Waals surface area contributed by atoms with Gasteiger partial charge in [0.1, 0.15) is 11.5 Å². The second-order valence-electron chi connectivity index (χ2n) is 5.32. The van der Waals surface area contributed by atoms with Crippen LogP contribution in [0.25, 0.3) is 0 Å². The van der Waals surface area contributed by atoms with Gasteiger partial charge >= 0.3 is 0 Å². The fraction of sp³-hybridized carbons (Fsp3) is 0.316. The highest BCUT2D eigenvalue weighted by Crippen LogP contribution is 2.19. The number of ether oxygens (including phenoxy) is 2. The number of methoxy groups -OCH3 is 1. The predicted molar refractivity (Wildman–Crippen MR) is 90.9 cm³/mol. The summed E-state index contributed by atoms with van der Waals surface area (Å²) in [5.74, 6) is 1.22. The van der Waals surface area contributed by atoms with E-state index >= 15 is 0 Å². The largest absolute Gasteiger partial charge is 0.497 e. The number of nitrogens with one attached hydrogen (secondary N) is 1. The van der Waals surface area contributed by atoms with Crippen molar-refractivity contribution >= 4 is 5.91 Å². The van der Waals surface area contributed by atoms with Crippen molar-refractivity contribution in [2.24, 2.45) is 0 Å². The Balaban J connectivity index is 1.72. The molecule has 2 aromatic carbocycles. The van der Waals surface area contributed by atoms with E-state index in [0.29, 0.717) is 18.0 Å². The number of hydrogen-bond donors (Lipinski definition) is 1. The molecule has 122 valence electrons. The molecule has 4 heteroatoms. The topological polar surface area (TPSA) is 47.6 Å². The zero-order valence-corrected chi connectivity index (χ0v) is 13.6. The highest BCUT2D eigenvalue weighted by molar-refractivity contribution is 5.80. The van der Waals surface area contributed by atoms with Crippen LogP contribution in [0, 0.1) is 0 Å². The fourth-order valence-corrected chi connectivity index (χ4v) is 2.22. The first kappa shape index (κ1) is 16.9. The van der Waals surface area contributed by atoms with Crippen LogP contribution in [0.15, 0.2) is 54.6 Å². The number of carbonyl (C=O) groups is 1. The third-order valence-electron chi connectivity index (χ3n) is 3.51. The van der Waals surface area contributed by atoms with E-state index in [9.17, 15) is 4.79 Å². The average Bonchev–Trinajstić information content (AvgIpc) is 2.59. The monoisotopic (exact) mass is 313 g/mol. The smallest absolute Gasteiger partial charge is 0.260 e. The number of aryl methyl sites for hydroxylation is 1. The van der Waals surface area contributed by atoms with Gasteiger partial charge in [-0.05, 0) is 37.5 Å². The van der Waals surface area contributed by atoms with Crippen LogP contribution in [-0.4, -0.2) is 25.7 Å². The van der Waals surface area contributed by atoms with E-state index in [1.165, 1.54) is 5.56 Å². The summed E-state index contributed by atoms with van der Waals surface area (Å²) < 4.78 is 10.8. The molecule has 23 heavy (non-hydrogen) atoms. The van der Waals surface area contributed by atoms with E-state index in [1.54, 1.807) is 20.1 Å². The maximum atomic E-state index is 12.0. The van der Waals surface area contributed by atoms with Gasteiger partial charge in [-0.1, -0.05) is 36.4 Å². The number of hydrogen-bond acceptors (Lipinski definition) is 3. The van der Waals surface area contributed by atoms with Crippen LogP contribution in [0.5, 0.6) is 11.5 Å². The summed E-state index contributed by atoms with van der Waals surface area (Å²) in [6, 6.07) is 17.5. The lowest BCUT2D eigenvalue weighted by atomic mass is 10.1. The molecule has 0 aromatic heterocycles. The SMILES string of the molecule is COc1cccc(O[C@H](C)C(=O)NCCCc2ccccc2)c1. The van der Waals surface area contributed by atoms with Crippen molar-refractivity contribution in [3.8, 4) is 11.5 Å². The standard InChI is InChI=1S/C19H23NO3/c1-15(23-18-12-6-11-17(14-18)22-2)19(21)20-13-7-10-16-8-4-3-5-9-16/h3-6,8-9,11-12,14-15H,7,10,13H2,1-2H3,(H,20,21)/t15-/m1/s1. The van der Waals surface area contributed by atoms with Crippen LogP contribution in [-0.2, 0) is 11.2 Å². The first-order chi connectivity index (χ1) is 11.2. The summed E-state index contributed by atoms with van der Waals surface area (Å²) in [6.45, 7) is 2.38. The van der Waals surface area contributed by atoms with Gasteiger partial charge in [0.2, 0.25) is 0 Å². The van der Waals surface area contributed by atoms with Gasteiger partial charge in [0, 0.05) is 12.6 Å². The van der Waals surface area contributed by atoms with E-state index in [1.807, 2.05) is 36.4 Å². The molecule has 0 heterocycles. The second-order valence-corrected chi connectivity index (χ2v) is 5.32. The Morgan fingerprint density at radius 1 is 1.09 bits per heavy atom. The minimum Gasteiger partial charge on any atom is -0.497 e. The van der Waals surface area contributed by atoms with Crippen LogP contribution < -0.4 is 14.8 Å². The lowest BCUT2D eigenvalue weighted by Crippen LogP contribution is -2.36. The highest BCUT2D eigenvalue weighted by Gasteiger charge is 2.14. The Kier molecular flexibility index (Phi) is 6.48. The number of benzene rings is 2. The molecule has 2 rings (SSSR count). The maximum Gasteiger partial charge on any atom is 0.260 e. The molecule has 1 N–H and O–H groups in total. The van der Waals surface area contributed by atoms with Crippen molar-refractivity contribution in [2.75, 3.05) is 13.7 Å². The van der Waals surface area contributed by atoms with E-state index in [4.69, 9.17) is 9.47 Å². The zero-order chi connectivity index (χ0) is 16.5. The second kappa shape index (κ2) is 8.83. The molecule has 0 radical (unpaired) electrons. The van der Waals surface area contributed by atoms with Gasteiger partial charge in [-0.3, -0.25) is 4.79 Å². The molecule has 0 fully saturated rings. The van der Waals surface area contributed by atoms with Crippen molar-refractivity contribution in [2.45, 2.75) is 25.9 Å². The summed E-state index contributed by atoms with van der Waals surface area (Å²) in [5.41, 5.74) is 1.28. The molecule has 0 bridgehead atoms. The zero-order valence-electron chi connectivity index (χ0n) is 13.6. The molecule has 2 aromatic rings. The lowest BCUT2D eigenvalue weighted by Gasteiger charge is -2.15. The Labute approximate surface area is 137 Å². The molecular formula is C19H23NO3. The molecule has 0 unspecified atom stereocenters. The van der Waals surface area contributed by atoms with Crippen molar-refractivity contribution in [3.63, 3.8) is 0 Å². The minimum atomic E-state index is -0.543. The normalized spacial score (nSPS) is 11.6. The van der Waals surface area contributed by atoms with E-state index in [0.717, 1.165) is 12.8 Å². The van der Waals surface area contributed by atoms with E-state index < -0.39 is 6.10 Å². The summed E-state index contributed by atoms with van der Waals surface area (Å²) >= 11 is 0. The predicted octanol–water partition coefficient (Wildman–Crippen LogP) is 3.21. The third-order valence-corrected chi connectivity index (χ3v) is 3.51. The number of amides is 1. The van der Waals surface area contributed by atoms with Gasteiger partial charge in [0.05, 0.1) is 7.11 Å². The lowest BCUT2D eigenvalue weighted by molar-refractivity contribution is -0.127. The maximum absolute atomic E-state index is 12.0. The summed E-state index contributed by atoms with van der Waals surface area (Å²) in [7, 11) is 1.60. The van der Waals surface area contributed by atoms with Gasteiger partial charge in [-0.25, -0.2) is 0 Å². The van der Waals surface area contributed by atoms with Gasteiger partial charge < -0.3 is 14.8 Å². The molecule has 0 aliphatic rings.